The van der Waals surface area contributed by atoms with Gasteiger partial charge in [0, 0.05) is 5.56 Å². The maximum atomic E-state index is 6.26. The summed E-state index contributed by atoms with van der Waals surface area (Å²) >= 11 is 0. The smallest absolute Gasteiger partial charge is 0.307 e. The largest absolute Gasteiger partial charge is 0.423 e. The van der Waals surface area contributed by atoms with Gasteiger partial charge in [0.2, 0.25) is 0 Å². The van der Waals surface area contributed by atoms with E-state index in [1.54, 1.807) is 0 Å². The van der Waals surface area contributed by atoms with E-state index in [2.05, 4.69) is 102 Å². The third kappa shape index (κ3) is 3.74. The highest BCUT2D eigenvalue weighted by atomic mass is 16.4. The number of fused-ring (bicyclic) bond motifs is 1. The molecule has 0 bridgehead atoms. The molecule has 0 aliphatic carbocycles. The van der Waals surface area contributed by atoms with Crippen LogP contribution in [0.4, 0.5) is 17.4 Å². The van der Waals surface area contributed by atoms with E-state index in [4.69, 9.17) is 9.40 Å². The van der Waals surface area contributed by atoms with E-state index in [0.29, 0.717) is 6.01 Å². The monoisotopic (exact) mass is 438 g/mol. The molecule has 1 heterocycles. The lowest BCUT2D eigenvalue weighted by molar-refractivity contribution is 0.608. The van der Waals surface area contributed by atoms with Crippen molar-refractivity contribution in [3.8, 4) is 22.3 Å². The van der Waals surface area contributed by atoms with Crippen molar-refractivity contribution in [1.29, 1.82) is 0 Å². The number of para-hydroxylation sites is 3. The highest BCUT2D eigenvalue weighted by molar-refractivity contribution is 5.88. The predicted molar refractivity (Wildman–Crippen MR) is 140 cm³/mol. The van der Waals surface area contributed by atoms with E-state index in [0.717, 1.165) is 33.6 Å². The van der Waals surface area contributed by atoms with E-state index >= 15 is 0 Å². The fourth-order valence-corrected chi connectivity index (χ4v) is 4.27. The Labute approximate surface area is 198 Å². The van der Waals surface area contributed by atoms with Crippen LogP contribution in [0.25, 0.3) is 33.4 Å². The molecule has 0 aliphatic rings. The number of aromatic nitrogens is 1. The van der Waals surface area contributed by atoms with Gasteiger partial charge in [0.25, 0.3) is 0 Å². The van der Waals surface area contributed by atoms with Gasteiger partial charge in [-0.15, -0.1) is 0 Å². The van der Waals surface area contributed by atoms with Crippen LogP contribution in [0.2, 0.25) is 0 Å². The van der Waals surface area contributed by atoms with Crippen LogP contribution in [0.15, 0.2) is 138 Å². The number of anilines is 3. The molecule has 3 heteroatoms. The standard InChI is InChI=1S/C31H22N2O/c1-3-11-23(12-4-1)24-19-21-26(22-20-24)33(31-32-28-16-8-10-18-30(28)34-31)29-17-9-7-15-27(29)25-13-5-2-6-14-25/h1-22H. The normalized spacial score (nSPS) is 10.9. The van der Waals surface area contributed by atoms with Crippen molar-refractivity contribution in [3.05, 3.63) is 133 Å². The molecular weight excluding hydrogens is 416 g/mol. The fraction of sp³-hybridized carbons (Fsp3) is 0. The van der Waals surface area contributed by atoms with Gasteiger partial charge < -0.3 is 4.42 Å². The molecule has 0 fully saturated rings. The van der Waals surface area contributed by atoms with Crippen LogP contribution in [0.5, 0.6) is 0 Å². The Morgan fingerprint density at radius 1 is 0.500 bits per heavy atom. The Kier molecular flexibility index (Phi) is 5.13. The van der Waals surface area contributed by atoms with Gasteiger partial charge in [-0.3, -0.25) is 4.90 Å². The van der Waals surface area contributed by atoms with Crippen LogP contribution in [0.1, 0.15) is 0 Å². The summed E-state index contributed by atoms with van der Waals surface area (Å²) in [6.45, 7) is 0. The summed E-state index contributed by atoms with van der Waals surface area (Å²) in [6, 6.07) is 46.1. The zero-order chi connectivity index (χ0) is 22.7. The van der Waals surface area contributed by atoms with Crippen LogP contribution in [0.3, 0.4) is 0 Å². The Hall–Kier alpha value is -4.63. The summed E-state index contributed by atoms with van der Waals surface area (Å²) < 4.78 is 6.26. The number of hydrogen-bond acceptors (Lipinski definition) is 3. The lowest BCUT2D eigenvalue weighted by Crippen LogP contribution is -2.11. The quantitative estimate of drug-likeness (QED) is 0.270. The molecule has 0 N–H and O–H groups in total. The molecule has 1 aromatic heterocycles. The van der Waals surface area contributed by atoms with E-state index in [1.807, 2.05) is 36.4 Å². The van der Waals surface area contributed by atoms with Crippen LogP contribution >= 0.6 is 0 Å². The average Bonchev–Trinajstić information content (AvgIpc) is 3.34. The molecule has 0 atom stereocenters. The highest BCUT2D eigenvalue weighted by Crippen LogP contribution is 2.41. The molecule has 0 amide bonds. The molecule has 6 rings (SSSR count). The van der Waals surface area contributed by atoms with Crippen LogP contribution in [0, 0.1) is 0 Å². The summed E-state index contributed by atoms with van der Waals surface area (Å²) in [5.74, 6) is 0. The number of nitrogens with zero attached hydrogens (tertiary/aromatic N) is 2. The maximum absolute atomic E-state index is 6.26. The summed E-state index contributed by atoms with van der Waals surface area (Å²) in [4.78, 5) is 6.93. The summed E-state index contributed by atoms with van der Waals surface area (Å²) in [7, 11) is 0. The number of benzene rings is 5. The number of oxazole rings is 1. The molecule has 0 aliphatic heterocycles. The van der Waals surface area contributed by atoms with E-state index in [-0.39, 0.29) is 0 Å². The zero-order valence-electron chi connectivity index (χ0n) is 18.5. The van der Waals surface area contributed by atoms with Crippen molar-refractivity contribution >= 4 is 28.5 Å². The van der Waals surface area contributed by atoms with Crippen molar-refractivity contribution in [3.63, 3.8) is 0 Å². The zero-order valence-corrected chi connectivity index (χ0v) is 18.5. The minimum absolute atomic E-state index is 0.539. The van der Waals surface area contributed by atoms with E-state index in [9.17, 15) is 0 Å². The first-order valence-electron chi connectivity index (χ1n) is 11.3. The Morgan fingerprint density at radius 2 is 1.09 bits per heavy atom. The lowest BCUT2D eigenvalue weighted by atomic mass is 10.0. The van der Waals surface area contributed by atoms with Gasteiger partial charge >= 0.3 is 6.01 Å². The molecule has 0 saturated heterocycles. The molecule has 162 valence electrons. The van der Waals surface area contributed by atoms with Gasteiger partial charge in [-0.1, -0.05) is 103 Å². The minimum atomic E-state index is 0.539. The summed E-state index contributed by atoms with van der Waals surface area (Å²) in [5, 5.41) is 0. The molecule has 34 heavy (non-hydrogen) atoms. The van der Waals surface area contributed by atoms with Gasteiger partial charge in [0.1, 0.15) is 5.52 Å². The molecular formula is C31H22N2O. The third-order valence-corrected chi connectivity index (χ3v) is 5.94. The second-order valence-corrected chi connectivity index (χ2v) is 8.10. The predicted octanol–water partition coefficient (Wildman–Crippen LogP) is 8.63. The van der Waals surface area contributed by atoms with Crippen LogP contribution in [-0.2, 0) is 0 Å². The number of hydrogen-bond donors (Lipinski definition) is 0. The Morgan fingerprint density at radius 3 is 1.82 bits per heavy atom. The van der Waals surface area contributed by atoms with Crippen molar-refractivity contribution in [2.75, 3.05) is 4.90 Å². The van der Waals surface area contributed by atoms with Crippen molar-refractivity contribution in [1.82, 2.24) is 4.98 Å². The maximum Gasteiger partial charge on any atom is 0.307 e. The van der Waals surface area contributed by atoms with Gasteiger partial charge in [-0.2, -0.15) is 4.98 Å². The van der Waals surface area contributed by atoms with Gasteiger partial charge in [-0.05, 0) is 47.0 Å². The fourth-order valence-electron chi connectivity index (χ4n) is 4.27. The SMILES string of the molecule is c1ccc(-c2ccc(N(c3nc4ccccc4o3)c3ccccc3-c3ccccc3)cc2)cc1. The lowest BCUT2D eigenvalue weighted by Gasteiger charge is -2.24. The summed E-state index contributed by atoms with van der Waals surface area (Å²) in [5.41, 5.74) is 8.19. The van der Waals surface area contributed by atoms with Crippen LogP contribution in [-0.4, -0.2) is 4.98 Å². The molecule has 0 saturated carbocycles. The van der Waals surface area contributed by atoms with E-state index < -0.39 is 0 Å². The summed E-state index contributed by atoms with van der Waals surface area (Å²) in [6.07, 6.45) is 0. The van der Waals surface area contributed by atoms with Gasteiger partial charge in [0.15, 0.2) is 5.58 Å². The molecule has 0 spiro atoms. The van der Waals surface area contributed by atoms with Crippen molar-refractivity contribution in [2.24, 2.45) is 0 Å². The molecule has 3 nitrogen and oxygen atoms in total. The topological polar surface area (TPSA) is 29.3 Å². The second kappa shape index (κ2) is 8.72. The van der Waals surface area contributed by atoms with Gasteiger partial charge in [0.05, 0.1) is 11.4 Å². The number of rotatable bonds is 5. The van der Waals surface area contributed by atoms with Crippen LogP contribution < -0.4 is 4.90 Å². The Bertz CT molecular complexity index is 1500. The van der Waals surface area contributed by atoms with Crippen molar-refractivity contribution in [2.45, 2.75) is 0 Å². The first kappa shape index (κ1) is 20.0. The third-order valence-electron chi connectivity index (χ3n) is 5.94. The molecule has 5 aromatic carbocycles. The first-order valence-corrected chi connectivity index (χ1v) is 11.3. The molecule has 0 radical (unpaired) electrons. The first-order chi connectivity index (χ1) is 16.9. The highest BCUT2D eigenvalue weighted by Gasteiger charge is 2.21. The van der Waals surface area contributed by atoms with Gasteiger partial charge in [-0.25, -0.2) is 0 Å². The average molecular weight is 439 g/mol. The molecule has 0 unspecified atom stereocenters. The molecule has 6 aromatic rings. The van der Waals surface area contributed by atoms with Crippen molar-refractivity contribution < 1.29 is 4.42 Å². The minimum Gasteiger partial charge on any atom is -0.423 e. The Balaban J connectivity index is 1.52. The second-order valence-electron chi connectivity index (χ2n) is 8.10. The van der Waals surface area contributed by atoms with E-state index in [1.165, 1.54) is 11.1 Å².